The normalized spacial score (nSPS) is 15.9. The number of fused-ring (bicyclic) bond motifs is 1. The van der Waals surface area contributed by atoms with Crippen LogP contribution in [0.25, 0.3) is 28.2 Å². The van der Waals surface area contributed by atoms with Crippen LogP contribution in [-0.2, 0) is 9.59 Å². The molecule has 1 amide bonds. The van der Waals surface area contributed by atoms with Crippen LogP contribution in [0, 0.1) is 0 Å². The van der Waals surface area contributed by atoms with E-state index in [1.807, 2.05) is 36.4 Å². The zero-order valence-corrected chi connectivity index (χ0v) is 16.1. The van der Waals surface area contributed by atoms with Crippen LogP contribution >= 0.6 is 24.0 Å². The van der Waals surface area contributed by atoms with Gasteiger partial charge in [0.1, 0.15) is 21.6 Å². The zero-order chi connectivity index (χ0) is 19.0. The predicted molar refractivity (Wildman–Crippen MR) is 112 cm³/mol. The van der Waals surface area contributed by atoms with Gasteiger partial charge in [-0.1, -0.05) is 66.4 Å². The molecule has 0 atom stereocenters. The molecule has 1 aromatic heterocycles. The zero-order valence-electron chi connectivity index (χ0n) is 14.5. The van der Waals surface area contributed by atoms with Crippen LogP contribution in [0.15, 0.2) is 63.9 Å². The molecule has 1 aliphatic heterocycles. The summed E-state index contributed by atoms with van der Waals surface area (Å²) in [5, 5.41) is 2.24. The van der Waals surface area contributed by atoms with Gasteiger partial charge >= 0.3 is 0 Å². The van der Waals surface area contributed by atoms with E-state index in [0.717, 1.165) is 22.1 Å². The molecule has 1 aliphatic rings. The number of thioether (sulfide) groups is 1. The van der Waals surface area contributed by atoms with Gasteiger partial charge in [0.25, 0.3) is 5.91 Å². The maximum Gasteiger partial charge on any atom is 0.266 e. The smallest absolute Gasteiger partial charge is 0.266 e. The van der Waals surface area contributed by atoms with Crippen molar-refractivity contribution in [2.24, 2.45) is 0 Å². The number of ketones is 1. The number of rotatable bonds is 4. The third-order valence-corrected chi connectivity index (χ3v) is 5.59. The maximum atomic E-state index is 12.5. The summed E-state index contributed by atoms with van der Waals surface area (Å²) in [4.78, 5) is 25.6. The van der Waals surface area contributed by atoms with E-state index in [1.54, 1.807) is 6.08 Å². The molecule has 0 spiro atoms. The van der Waals surface area contributed by atoms with Crippen LogP contribution in [-0.4, -0.2) is 27.5 Å². The second-order valence-electron chi connectivity index (χ2n) is 6.20. The number of benzene rings is 2. The molecule has 0 bridgehead atoms. The van der Waals surface area contributed by atoms with E-state index in [0.29, 0.717) is 15.0 Å². The fourth-order valence-electron chi connectivity index (χ4n) is 3.00. The van der Waals surface area contributed by atoms with E-state index in [-0.39, 0.29) is 18.2 Å². The van der Waals surface area contributed by atoms with E-state index in [4.69, 9.17) is 16.6 Å². The molecule has 2 heterocycles. The van der Waals surface area contributed by atoms with Crippen molar-refractivity contribution in [3.63, 3.8) is 0 Å². The second-order valence-corrected chi connectivity index (χ2v) is 7.87. The number of furan rings is 1. The van der Waals surface area contributed by atoms with Gasteiger partial charge in [0.15, 0.2) is 0 Å². The quantitative estimate of drug-likeness (QED) is 0.467. The fraction of sp³-hybridized carbons (Fsp3) is 0.0952. The number of hydrogen-bond donors (Lipinski definition) is 0. The van der Waals surface area contributed by atoms with E-state index >= 15 is 0 Å². The van der Waals surface area contributed by atoms with Crippen LogP contribution in [0.1, 0.15) is 12.7 Å². The van der Waals surface area contributed by atoms with E-state index in [1.165, 1.54) is 23.6 Å². The van der Waals surface area contributed by atoms with E-state index < -0.39 is 0 Å². The molecule has 0 saturated carbocycles. The van der Waals surface area contributed by atoms with Crippen molar-refractivity contribution < 1.29 is 14.0 Å². The third kappa shape index (κ3) is 3.46. The van der Waals surface area contributed by atoms with Crippen molar-refractivity contribution in [3.05, 3.63) is 65.3 Å². The summed E-state index contributed by atoms with van der Waals surface area (Å²) in [7, 11) is 0. The Balaban J connectivity index is 1.65. The molecule has 1 fully saturated rings. The number of thiocarbonyl (C=S) groups is 1. The molecule has 6 heteroatoms. The number of carbonyl (C=O) groups is 2. The molecule has 1 saturated heterocycles. The van der Waals surface area contributed by atoms with Crippen LogP contribution in [0.4, 0.5) is 0 Å². The highest BCUT2D eigenvalue weighted by molar-refractivity contribution is 8.26. The van der Waals surface area contributed by atoms with Crippen molar-refractivity contribution >= 4 is 56.8 Å². The molecular formula is C21H15NO3S2. The number of nitrogens with zero attached hydrogens (tertiary/aromatic N) is 1. The lowest BCUT2D eigenvalue weighted by molar-refractivity contribution is -0.126. The van der Waals surface area contributed by atoms with Crippen molar-refractivity contribution in [2.75, 3.05) is 6.54 Å². The first kappa shape index (κ1) is 17.7. The Morgan fingerprint density at radius 1 is 1.15 bits per heavy atom. The molecule has 4 rings (SSSR count). The molecule has 4 nitrogen and oxygen atoms in total. The first-order valence-electron chi connectivity index (χ1n) is 8.36. The lowest BCUT2D eigenvalue weighted by Crippen LogP contribution is -2.32. The van der Waals surface area contributed by atoms with Gasteiger partial charge in [0, 0.05) is 11.6 Å². The second kappa shape index (κ2) is 7.13. The fourth-order valence-corrected chi connectivity index (χ4v) is 4.24. The first-order chi connectivity index (χ1) is 13.0. The molecule has 27 heavy (non-hydrogen) atoms. The lowest BCUT2D eigenvalue weighted by Gasteiger charge is -2.11. The average molecular weight is 393 g/mol. The minimum Gasteiger partial charge on any atom is -0.457 e. The standard InChI is InChI=1S/C21H15NO3S2/c1-13(23)12-22-20(24)19(27-21(22)26)11-15-9-10-18(25-15)17-8-4-6-14-5-2-3-7-16(14)17/h2-11H,12H2,1H3/b19-11-. The van der Waals surface area contributed by atoms with E-state index in [2.05, 4.69) is 18.2 Å². The number of Topliss-reactive ketones (excluding diaryl/α,β-unsaturated/α-hetero) is 1. The van der Waals surface area contributed by atoms with Gasteiger partial charge in [-0.25, -0.2) is 0 Å². The molecule has 0 radical (unpaired) electrons. The van der Waals surface area contributed by atoms with Gasteiger partial charge in [-0.05, 0) is 29.8 Å². The van der Waals surface area contributed by atoms with Gasteiger partial charge in [0.05, 0.1) is 11.4 Å². The van der Waals surface area contributed by atoms with Gasteiger partial charge in [0.2, 0.25) is 0 Å². The Morgan fingerprint density at radius 2 is 1.93 bits per heavy atom. The molecule has 0 aliphatic carbocycles. The van der Waals surface area contributed by atoms with E-state index in [9.17, 15) is 9.59 Å². The summed E-state index contributed by atoms with van der Waals surface area (Å²) in [6.07, 6.45) is 1.67. The molecule has 0 unspecified atom stereocenters. The Morgan fingerprint density at radius 3 is 2.74 bits per heavy atom. The van der Waals surface area contributed by atoms with Crippen molar-refractivity contribution in [1.29, 1.82) is 0 Å². The molecule has 2 aromatic carbocycles. The lowest BCUT2D eigenvalue weighted by atomic mass is 10.0. The van der Waals surface area contributed by atoms with Gasteiger partial charge in [-0.3, -0.25) is 14.5 Å². The van der Waals surface area contributed by atoms with Gasteiger partial charge < -0.3 is 4.42 Å². The Labute approximate surface area is 165 Å². The number of hydrogen-bond acceptors (Lipinski definition) is 5. The van der Waals surface area contributed by atoms with Crippen LogP contribution < -0.4 is 0 Å². The highest BCUT2D eigenvalue weighted by Gasteiger charge is 2.32. The number of amides is 1. The predicted octanol–water partition coefficient (Wildman–Crippen LogP) is 4.89. The van der Waals surface area contributed by atoms with Crippen molar-refractivity contribution in [3.8, 4) is 11.3 Å². The summed E-state index contributed by atoms with van der Waals surface area (Å²) in [5.74, 6) is 0.936. The largest absolute Gasteiger partial charge is 0.457 e. The van der Waals surface area contributed by atoms with Gasteiger partial charge in [-0.15, -0.1) is 0 Å². The highest BCUT2D eigenvalue weighted by Crippen LogP contribution is 2.34. The van der Waals surface area contributed by atoms with Crippen molar-refractivity contribution in [2.45, 2.75) is 6.92 Å². The molecular weight excluding hydrogens is 378 g/mol. The Kier molecular flexibility index (Phi) is 4.68. The van der Waals surface area contributed by atoms with Gasteiger partial charge in [-0.2, -0.15) is 0 Å². The summed E-state index contributed by atoms with van der Waals surface area (Å²) in [6, 6.07) is 17.9. The SMILES string of the molecule is CC(=O)CN1C(=O)/C(=C/c2ccc(-c3cccc4ccccc34)o2)SC1=S. The van der Waals surface area contributed by atoms with Crippen LogP contribution in [0.5, 0.6) is 0 Å². The maximum absolute atomic E-state index is 12.5. The summed E-state index contributed by atoms with van der Waals surface area (Å²) in [5.41, 5.74) is 0.997. The highest BCUT2D eigenvalue weighted by atomic mass is 32.2. The minimum atomic E-state index is -0.261. The molecule has 0 N–H and O–H groups in total. The Bertz CT molecular complexity index is 1110. The van der Waals surface area contributed by atoms with Crippen LogP contribution in [0.3, 0.4) is 0 Å². The topological polar surface area (TPSA) is 50.5 Å². The third-order valence-electron chi connectivity index (χ3n) is 4.21. The monoisotopic (exact) mass is 393 g/mol. The summed E-state index contributed by atoms with van der Waals surface area (Å²) >= 11 is 6.39. The molecule has 134 valence electrons. The van der Waals surface area contributed by atoms with Crippen molar-refractivity contribution in [1.82, 2.24) is 4.90 Å². The number of carbonyl (C=O) groups excluding carboxylic acids is 2. The Hall–Kier alpha value is -2.70. The van der Waals surface area contributed by atoms with Crippen LogP contribution in [0.2, 0.25) is 0 Å². The molecule has 3 aromatic rings. The first-order valence-corrected chi connectivity index (χ1v) is 9.58. The minimum absolute atomic E-state index is 0.00140. The summed E-state index contributed by atoms with van der Waals surface area (Å²) < 4.78 is 6.36. The summed E-state index contributed by atoms with van der Waals surface area (Å²) in [6.45, 7) is 1.44. The average Bonchev–Trinajstić information content (AvgIpc) is 3.21.